The quantitative estimate of drug-likeness (QED) is 0.134. The summed E-state index contributed by atoms with van der Waals surface area (Å²) in [6.45, 7) is 6.00. The molecule has 0 heterocycles. The SMILES string of the molecule is CCCO[Si](CCCC[Si](OCCC)(c1ccccc1)c1ccccc1)(c1ccccc1)c1ccccc1. The Kier molecular flexibility index (Phi) is 10.7. The van der Waals surface area contributed by atoms with E-state index in [-0.39, 0.29) is 0 Å². The Hall–Kier alpha value is -2.77. The van der Waals surface area contributed by atoms with Crippen LogP contribution < -0.4 is 20.7 Å². The van der Waals surface area contributed by atoms with Crippen LogP contribution in [0.25, 0.3) is 0 Å². The van der Waals surface area contributed by atoms with Gasteiger partial charge in [0.15, 0.2) is 0 Å². The van der Waals surface area contributed by atoms with Crippen molar-refractivity contribution in [3.05, 3.63) is 121 Å². The van der Waals surface area contributed by atoms with E-state index in [0.717, 1.165) is 51.0 Å². The third-order valence-corrected chi connectivity index (χ3v) is 15.9. The zero-order valence-electron chi connectivity index (χ0n) is 23.0. The summed E-state index contributed by atoms with van der Waals surface area (Å²) in [4.78, 5) is 0. The summed E-state index contributed by atoms with van der Waals surface area (Å²) >= 11 is 0. The molecule has 0 bridgehead atoms. The molecule has 0 saturated carbocycles. The summed E-state index contributed by atoms with van der Waals surface area (Å²) < 4.78 is 13.9. The Bertz CT molecular complexity index is 1010. The summed E-state index contributed by atoms with van der Waals surface area (Å²) in [5.74, 6) is 0. The van der Waals surface area contributed by atoms with Crippen LogP contribution in [0.3, 0.4) is 0 Å². The Morgan fingerprint density at radius 2 is 0.684 bits per heavy atom. The molecule has 0 unspecified atom stereocenters. The summed E-state index contributed by atoms with van der Waals surface area (Å²) in [5.41, 5.74) is 0. The third-order valence-electron chi connectivity index (χ3n) is 7.37. The van der Waals surface area contributed by atoms with Crippen LogP contribution >= 0.6 is 0 Å². The fraction of sp³-hybridized carbons (Fsp3) is 0.294. The van der Waals surface area contributed by atoms with E-state index in [2.05, 4.69) is 135 Å². The zero-order chi connectivity index (χ0) is 26.5. The lowest BCUT2D eigenvalue weighted by molar-refractivity contribution is 0.311. The van der Waals surface area contributed by atoms with Gasteiger partial charge in [0.25, 0.3) is 16.6 Å². The summed E-state index contributed by atoms with van der Waals surface area (Å²) in [6, 6.07) is 46.2. The third kappa shape index (κ3) is 6.62. The van der Waals surface area contributed by atoms with Gasteiger partial charge in [-0.2, -0.15) is 0 Å². The normalized spacial score (nSPS) is 11.9. The number of rotatable bonds is 15. The number of benzene rings is 4. The maximum atomic E-state index is 6.94. The highest BCUT2D eigenvalue weighted by atomic mass is 28.4. The first-order valence-corrected chi connectivity index (χ1v) is 18.5. The van der Waals surface area contributed by atoms with Crippen molar-refractivity contribution in [3.8, 4) is 0 Å². The van der Waals surface area contributed by atoms with Crippen LogP contribution in [0, 0.1) is 0 Å². The molecular formula is C34H42O2Si2. The van der Waals surface area contributed by atoms with Gasteiger partial charge in [0.1, 0.15) is 0 Å². The van der Waals surface area contributed by atoms with E-state index in [0.29, 0.717) is 0 Å². The first kappa shape index (κ1) is 28.2. The van der Waals surface area contributed by atoms with Gasteiger partial charge in [-0.05, 0) is 45.7 Å². The van der Waals surface area contributed by atoms with Crippen LogP contribution in [0.2, 0.25) is 12.1 Å². The zero-order valence-corrected chi connectivity index (χ0v) is 25.0. The number of hydrogen-bond acceptors (Lipinski definition) is 2. The molecule has 0 spiro atoms. The average Bonchev–Trinajstić information content (AvgIpc) is 3.00. The predicted molar refractivity (Wildman–Crippen MR) is 167 cm³/mol. The molecule has 0 atom stereocenters. The van der Waals surface area contributed by atoms with Gasteiger partial charge in [0.05, 0.1) is 0 Å². The Labute approximate surface area is 231 Å². The van der Waals surface area contributed by atoms with Crippen LogP contribution in [-0.2, 0) is 8.85 Å². The van der Waals surface area contributed by atoms with E-state index in [1.807, 2.05) is 0 Å². The molecule has 0 aliphatic heterocycles. The Morgan fingerprint density at radius 1 is 0.421 bits per heavy atom. The minimum atomic E-state index is -2.37. The smallest absolute Gasteiger partial charge is 0.255 e. The molecule has 0 radical (unpaired) electrons. The van der Waals surface area contributed by atoms with Gasteiger partial charge in [-0.1, -0.05) is 148 Å². The van der Waals surface area contributed by atoms with Crippen molar-refractivity contribution in [1.29, 1.82) is 0 Å². The maximum absolute atomic E-state index is 6.94. The summed E-state index contributed by atoms with van der Waals surface area (Å²) in [6.07, 6.45) is 4.28. The molecule has 0 amide bonds. The topological polar surface area (TPSA) is 18.5 Å². The fourth-order valence-corrected chi connectivity index (χ4v) is 13.8. The second kappa shape index (κ2) is 14.4. The van der Waals surface area contributed by atoms with Crippen LogP contribution in [0.5, 0.6) is 0 Å². The highest BCUT2D eigenvalue weighted by Gasteiger charge is 2.41. The highest BCUT2D eigenvalue weighted by molar-refractivity contribution is 6.98. The highest BCUT2D eigenvalue weighted by Crippen LogP contribution is 2.23. The molecule has 0 saturated heterocycles. The predicted octanol–water partition coefficient (Wildman–Crippen LogP) is 6.14. The van der Waals surface area contributed by atoms with E-state index < -0.39 is 16.6 Å². The summed E-state index contributed by atoms with van der Waals surface area (Å²) in [7, 11) is -4.75. The Morgan fingerprint density at radius 3 is 0.921 bits per heavy atom. The lowest BCUT2D eigenvalue weighted by Gasteiger charge is -2.34. The van der Waals surface area contributed by atoms with Crippen LogP contribution in [0.1, 0.15) is 39.5 Å². The van der Waals surface area contributed by atoms with Gasteiger partial charge >= 0.3 is 0 Å². The molecule has 0 aliphatic carbocycles. The molecule has 4 heteroatoms. The lowest BCUT2D eigenvalue weighted by Crippen LogP contribution is -2.61. The molecule has 0 aromatic heterocycles. The number of unbranched alkanes of at least 4 members (excludes halogenated alkanes) is 1. The van der Waals surface area contributed by atoms with E-state index in [1.54, 1.807) is 0 Å². The van der Waals surface area contributed by atoms with Gasteiger partial charge in [0.2, 0.25) is 0 Å². The van der Waals surface area contributed by atoms with Crippen LogP contribution in [-0.4, -0.2) is 29.8 Å². The van der Waals surface area contributed by atoms with E-state index in [1.165, 1.54) is 20.7 Å². The van der Waals surface area contributed by atoms with Crippen molar-refractivity contribution in [2.45, 2.75) is 51.6 Å². The van der Waals surface area contributed by atoms with Gasteiger partial charge in [0, 0.05) is 13.2 Å². The monoisotopic (exact) mass is 538 g/mol. The van der Waals surface area contributed by atoms with Crippen molar-refractivity contribution < 1.29 is 8.85 Å². The molecule has 38 heavy (non-hydrogen) atoms. The maximum Gasteiger partial charge on any atom is 0.255 e. The van der Waals surface area contributed by atoms with Gasteiger partial charge in [-0.3, -0.25) is 0 Å². The fourth-order valence-electron chi connectivity index (χ4n) is 5.52. The van der Waals surface area contributed by atoms with Crippen LogP contribution in [0.4, 0.5) is 0 Å². The van der Waals surface area contributed by atoms with Crippen LogP contribution in [0.15, 0.2) is 121 Å². The molecule has 4 aromatic rings. The molecule has 0 fully saturated rings. The molecule has 0 N–H and O–H groups in total. The Balaban J connectivity index is 1.64. The minimum Gasteiger partial charge on any atom is -0.408 e. The molecule has 2 nitrogen and oxygen atoms in total. The second-order valence-electron chi connectivity index (χ2n) is 10.0. The van der Waals surface area contributed by atoms with Crippen molar-refractivity contribution in [1.82, 2.24) is 0 Å². The lowest BCUT2D eigenvalue weighted by atomic mass is 10.3. The van der Waals surface area contributed by atoms with E-state index in [4.69, 9.17) is 8.85 Å². The minimum absolute atomic E-state index is 0.794. The van der Waals surface area contributed by atoms with Gasteiger partial charge in [-0.25, -0.2) is 0 Å². The summed E-state index contributed by atoms with van der Waals surface area (Å²) in [5, 5.41) is 5.49. The van der Waals surface area contributed by atoms with Gasteiger partial charge < -0.3 is 8.85 Å². The molecule has 198 valence electrons. The van der Waals surface area contributed by atoms with Crippen molar-refractivity contribution in [2.75, 3.05) is 13.2 Å². The molecular weight excluding hydrogens is 497 g/mol. The largest absolute Gasteiger partial charge is 0.408 e. The first-order chi connectivity index (χ1) is 18.7. The van der Waals surface area contributed by atoms with E-state index in [9.17, 15) is 0 Å². The molecule has 0 aliphatic rings. The standard InChI is InChI=1S/C34H42O2Si2/c1-3-27-35-37(31-19-9-5-10-20-31,32-21-11-6-12-22-32)29-17-18-30-38(36-28-4-2,33-23-13-7-14-24-33)34-25-15-8-16-26-34/h5-16,19-26H,3-4,17-18,27-30H2,1-2H3. The van der Waals surface area contributed by atoms with Crippen molar-refractivity contribution >= 4 is 37.4 Å². The first-order valence-electron chi connectivity index (χ1n) is 14.2. The second-order valence-corrected chi connectivity index (χ2v) is 17.2. The van der Waals surface area contributed by atoms with Crippen molar-refractivity contribution in [2.24, 2.45) is 0 Å². The molecule has 4 aromatic carbocycles. The van der Waals surface area contributed by atoms with E-state index >= 15 is 0 Å². The number of hydrogen-bond donors (Lipinski definition) is 0. The molecule has 4 rings (SSSR count). The van der Waals surface area contributed by atoms with Crippen molar-refractivity contribution in [3.63, 3.8) is 0 Å². The average molecular weight is 539 g/mol. The van der Waals surface area contributed by atoms with Gasteiger partial charge in [-0.15, -0.1) is 0 Å².